The Morgan fingerprint density at radius 2 is 1.47 bits per heavy atom. The van der Waals surface area contributed by atoms with Gasteiger partial charge in [-0.3, -0.25) is 0 Å². The molecule has 0 rings (SSSR count). The summed E-state index contributed by atoms with van der Waals surface area (Å²) in [5, 5.41) is 19.1. The summed E-state index contributed by atoms with van der Waals surface area (Å²) in [5.74, 6) is -3.17. The summed E-state index contributed by atoms with van der Waals surface area (Å²) >= 11 is 0. The van der Waals surface area contributed by atoms with Gasteiger partial charge in [-0.15, -0.1) is 0 Å². The Kier molecular flexibility index (Phi) is 4.08. The molecular weight excluding hydrogens is 196 g/mol. The van der Waals surface area contributed by atoms with Crippen molar-refractivity contribution in [2.24, 2.45) is 5.41 Å². The number of ether oxygens (including phenoxy) is 1. The number of aliphatic hydroxyl groups is 2. The normalized spacial score (nSPS) is 12.3. The van der Waals surface area contributed by atoms with Crippen LogP contribution < -0.4 is 0 Å². The molecule has 0 aromatic rings. The molecule has 0 aromatic carbocycles. The fraction of sp³-hybridized carbons (Fsp3) is 0.727. The molecule has 0 saturated carbocycles. The summed E-state index contributed by atoms with van der Waals surface area (Å²) in [6, 6.07) is 0. The maximum absolute atomic E-state index is 11.4. The van der Waals surface area contributed by atoms with Gasteiger partial charge in [0, 0.05) is 5.57 Å². The lowest BCUT2D eigenvalue weighted by atomic mass is 9.93. The van der Waals surface area contributed by atoms with Crippen LogP contribution in [0.3, 0.4) is 0 Å². The number of carbonyl (C=O) groups excluding carboxylic acids is 1. The predicted molar refractivity (Wildman–Crippen MR) is 56.8 cm³/mol. The number of esters is 1. The molecule has 4 nitrogen and oxygen atoms in total. The third-order valence-corrected chi connectivity index (χ3v) is 2.27. The van der Waals surface area contributed by atoms with E-state index >= 15 is 0 Å². The number of rotatable bonds is 2. The van der Waals surface area contributed by atoms with Crippen LogP contribution in [0.5, 0.6) is 0 Å². The van der Waals surface area contributed by atoms with Crippen molar-refractivity contribution in [2.75, 3.05) is 0 Å². The zero-order valence-electron chi connectivity index (χ0n) is 10.2. The van der Waals surface area contributed by atoms with Crippen molar-refractivity contribution >= 4 is 5.97 Å². The smallest absolute Gasteiger partial charge is 0.337 e. The predicted octanol–water partition coefficient (Wildman–Crippen LogP) is 1.57. The number of carbonyl (C=O) groups is 1. The lowest BCUT2D eigenvalue weighted by Crippen LogP contribution is -2.46. The highest BCUT2D eigenvalue weighted by molar-refractivity contribution is 5.88. The summed E-state index contributed by atoms with van der Waals surface area (Å²) < 4.78 is 4.64. The topological polar surface area (TPSA) is 66.8 Å². The van der Waals surface area contributed by atoms with Gasteiger partial charge < -0.3 is 14.9 Å². The monoisotopic (exact) mass is 216 g/mol. The van der Waals surface area contributed by atoms with Crippen molar-refractivity contribution in [2.45, 2.75) is 47.5 Å². The Hall–Kier alpha value is -0.870. The average Bonchev–Trinajstić information content (AvgIpc) is 1.99. The first-order valence-electron chi connectivity index (χ1n) is 4.81. The maximum Gasteiger partial charge on any atom is 0.337 e. The number of hydrogen-bond donors (Lipinski definition) is 2. The molecule has 0 aliphatic heterocycles. The summed E-state index contributed by atoms with van der Waals surface area (Å²) in [4.78, 5) is 11.4. The van der Waals surface area contributed by atoms with E-state index in [-0.39, 0.29) is 0 Å². The molecule has 0 atom stereocenters. The van der Waals surface area contributed by atoms with E-state index in [0.717, 1.165) is 5.57 Å². The molecule has 0 radical (unpaired) electrons. The van der Waals surface area contributed by atoms with Gasteiger partial charge in [0.25, 0.3) is 0 Å². The quantitative estimate of drug-likeness (QED) is 0.418. The van der Waals surface area contributed by atoms with Gasteiger partial charge in [-0.1, -0.05) is 26.3 Å². The second-order valence-corrected chi connectivity index (χ2v) is 4.87. The van der Waals surface area contributed by atoms with Gasteiger partial charge in [-0.25, -0.2) is 4.79 Å². The van der Waals surface area contributed by atoms with E-state index in [1.54, 1.807) is 41.5 Å². The molecule has 0 heterocycles. The molecule has 0 aromatic heterocycles. The van der Waals surface area contributed by atoms with E-state index in [1.165, 1.54) is 0 Å². The van der Waals surface area contributed by atoms with Crippen molar-refractivity contribution in [3.63, 3.8) is 0 Å². The molecule has 0 unspecified atom stereocenters. The SMILES string of the molecule is CC(C)=C(C)C(=O)OC(O)(O)C(C)(C)C. The molecule has 0 aliphatic carbocycles. The molecule has 88 valence electrons. The Morgan fingerprint density at radius 3 is 1.73 bits per heavy atom. The number of allylic oxidation sites excluding steroid dienone is 1. The maximum atomic E-state index is 11.4. The molecule has 0 aliphatic rings. The van der Waals surface area contributed by atoms with Crippen LogP contribution >= 0.6 is 0 Å². The number of hydrogen-bond acceptors (Lipinski definition) is 4. The van der Waals surface area contributed by atoms with Gasteiger partial charge >= 0.3 is 11.9 Å². The van der Waals surface area contributed by atoms with Gasteiger partial charge in [0.2, 0.25) is 0 Å². The Bertz CT molecular complexity index is 277. The van der Waals surface area contributed by atoms with E-state index in [1.807, 2.05) is 0 Å². The van der Waals surface area contributed by atoms with E-state index in [4.69, 9.17) is 0 Å². The second-order valence-electron chi connectivity index (χ2n) is 4.87. The van der Waals surface area contributed by atoms with Gasteiger partial charge in [0.15, 0.2) is 0 Å². The molecule has 0 saturated heterocycles. The highest BCUT2D eigenvalue weighted by atomic mass is 16.8. The summed E-state index contributed by atoms with van der Waals surface area (Å²) in [6.07, 6.45) is 0. The van der Waals surface area contributed by atoms with Crippen LogP contribution in [0.1, 0.15) is 41.5 Å². The van der Waals surface area contributed by atoms with E-state index in [0.29, 0.717) is 5.57 Å². The summed E-state index contributed by atoms with van der Waals surface area (Å²) in [5.41, 5.74) is 0.210. The zero-order chi connectivity index (χ0) is 12.4. The first-order chi connectivity index (χ1) is 6.49. The van der Waals surface area contributed by atoms with Crippen molar-refractivity contribution in [1.29, 1.82) is 0 Å². The van der Waals surface area contributed by atoms with Crippen molar-refractivity contribution in [3.05, 3.63) is 11.1 Å². The van der Waals surface area contributed by atoms with Crippen molar-refractivity contribution < 1.29 is 19.7 Å². The van der Waals surface area contributed by atoms with Gasteiger partial charge in [-0.2, -0.15) is 0 Å². The van der Waals surface area contributed by atoms with Crippen LogP contribution in [0, 0.1) is 5.41 Å². The molecule has 0 spiro atoms. The molecule has 2 N–H and O–H groups in total. The lowest BCUT2D eigenvalue weighted by Gasteiger charge is -2.33. The Morgan fingerprint density at radius 1 is 1.07 bits per heavy atom. The fourth-order valence-corrected chi connectivity index (χ4v) is 0.563. The van der Waals surface area contributed by atoms with E-state index in [2.05, 4.69) is 4.74 Å². The van der Waals surface area contributed by atoms with Gasteiger partial charge in [0.1, 0.15) is 0 Å². The van der Waals surface area contributed by atoms with Gasteiger partial charge in [-0.05, 0) is 20.8 Å². The van der Waals surface area contributed by atoms with E-state index < -0.39 is 17.4 Å². The minimum atomic E-state index is -2.46. The Labute approximate surface area is 90.6 Å². The van der Waals surface area contributed by atoms with Crippen molar-refractivity contribution in [1.82, 2.24) is 0 Å². The first kappa shape index (κ1) is 14.1. The van der Waals surface area contributed by atoms with Crippen LogP contribution in [0.2, 0.25) is 0 Å². The highest BCUT2D eigenvalue weighted by Gasteiger charge is 2.42. The fourth-order valence-electron chi connectivity index (χ4n) is 0.563. The standard InChI is InChI=1S/C11H20O4/c1-7(2)8(3)9(12)15-11(13,14)10(4,5)6/h13-14H,1-6H3. The summed E-state index contributed by atoms with van der Waals surface area (Å²) in [6.45, 7) is 9.79. The average molecular weight is 216 g/mol. The molecule has 0 bridgehead atoms. The lowest BCUT2D eigenvalue weighted by molar-refractivity contribution is -0.364. The minimum absolute atomic E-state index is 0.381. The van der Waals surface area contributed by atoms with Crippen LogP contribution in [0.25, 0.3) is 0 Å². The molecule has 0 fully saturated rings. The van der Waals surface area contributed by atoms with Crippen LogP contribution in [-0.4, -0.2) is 22.2 Å². The van der Waals surface area contributed by atoms with Gasteiger partial charge in [0.05, 0.1) is 5.41 Å². The third kappa shape index (κ3) is 3.64. The molecular formula is C11H20O4. The summed E-state index contributed by atoms with van der Waals surface area (Å²) in [7, 11) is 0. The first-order valence-corrected chi connectivity index (χ1v) is 4.81. The largest absolute Gasteiger partial charge is 0.404 e. The van der Waals surface area contributed by atoms with Crippen LogP contribution in [0.15, 0.2) is 11.1 Å². The van der Waals surface area contributed by atoms with Crippen molar-refractivity contribution in [3.8, 4) is 0 Å². The third-order valence-electron chi connectivity index (χ3n) is 2.27. The minimum Gasteiger partial charge on any atom is -0.404 e. The zero-order valence-corrected chi connectivity index (χ0v) is 10.2. The Balaban J connectivity index is 4.78. The van der Waals surface area contributed by atoms with Crippen LogP contribution in [-0.2, 0) is 9.53 Å². The van der Waals surface area contributed by atoms with Crippen LogP contribution in [0.4, 0.5) is 0 Å². The second kappa shape index (κ2) is 4.33. The molecule has 15 heavy (non-hydrogen) atoms. The molecule has 4 heteroatoms. The van der Waals surface area contributed by atoms with E-state index in [9.17, 15) is 15.0 Å². The highest BCUT2D eigenvalue weighted by Crippen LogP contribution is 2.29. The molecule has 0 amide bonds.